The number of hydrogen-bond donors (Lipinski definition) is 0. The van der Waals surface area contributed by atoms with Gasteiger partial charge < -0.3 is 14.4 Å². The number of nitrogens with zero attached hydrogens (tertiary/aromatic N) is 1. The minimum Gasteiger partial charge on any atom is -0.489 e. The number of carbonyl (C=O) groups is 1. The first kappa shape index (κ1) is 21.0. The molecule has 0 unspecified atom stereocenters. The van der Waals surface area contributed by atoms with Gasteiger partial charge >= 0.3 is 0 Å². The minimum atomic E-state index is -0.115. The molecule has 4 nitrogen and oxygen atoms in total. The molecule has 0 fully saturated rings. The number of aryl methyl sites for hydroxylation is 1. The zero-order valence-corrected chi connectivity index (χ0v) is 18.1. The number of halogens is 1. The number of amides is 1. The zero-order chi connectivity index (χ0) is 21.6. The predicted molar refractivity (Wildman–Crippen MR) is 125 cm³/mol. The van der Waals surface area contributed by atoms with Crippen LogP contribution < -0.4 is 14.4 Å². The van der Waals surface area contributed by atoms with Gasteiger partial charge in [0.2, 0.25) is 0 Å². The smallest absolute Gasteiger partial charge is 0.251 e. The molecule has 0 saturated heterocycles. The van der Waals surface area contributed by atoms with Crippen LogP contribution in [0.1, 0.15) is 23.1 Å². The number of rotatable bonds is 5. The Labute approximate surface area is 187 Å². The van der Waals surface area contributed by atoms with Crippen molar-refractivity contribution in [2.45, 2.75) is 19.9 Å². The van der Waals surface area contributed by atoms with Crippen LogP contribution in [0.3, 0.4) is 0 Å². The second-order valence-electron chi connectivity index (χ2n) is 7.46. The number of benzene rings is 3. The lowest BCUT2D eigenvalue weighted by molar-refractivity contribution is -0.114. The van der Waals surface area contributed by atoms with Gasteiger partial charge in [0, 0.05) is 18.2 Å². The molecule has 0 bridgehead atoms. The van der Waals surface area contributed by atoms with Crippen molar-refractivity contribution in [2.75, 3.05) is 18.1 Å². The number of carbonyl (C=O) groups excluding carboxylic acids is 1. The quantitative estimate of drug-likeness (QED) is 0.459. The minimum absolute atomic E-state index is 0.115. The average molecular weight is 434 g/mol. The summed E-state index contributed by atoms with van der Waals surface area (Å²) in [6.45, 7) is 3.66. The van der Waals surface area contributed by atoms with Gasteiger partial charge in [0.05, 0.1) is 24.8 Å². The molecule has 3 aromatic carbocycles. The Morgan fingerprint density at radius 1 is 1.03 bits per heavy atom. The molecule has 0 radical (unpaired) electrons. The second kappa shape index (κ2) is 9.71. The molecular weight excluding hydrogens is 410 g/mol. The van der Waals surface area contributed by atoms with Crippen LogP contribution in [0.2, 0.25) is 5.02 Å². The van der Waals surface area contributed by atoms with Crippen LogP contribution in [0.4, 0.5) is 5.69 Å². The van der Waals surface area contributed by atoms with Gasteiger partial charge in [-0.05, 0) is 48.4 Å². The molecule has 4 rings (SSSR count). The number of hydrogen-bond acceptors (Lipinski definition) is 3. The topological polar surface area (TPSA) is 38.8 Å². The Hall–Kier alpha value is -3.24. The summed E-state index contributed by atoms with van der Waals surface area (Å²) in [6, 6.07) is 21.5. The van der Waals surface area contributed by atoms with Crippen LogP contribution in [-0.2, 0) is 11.3 Å². The van der Waals surface area contributed by atoms with E-state index in [0.717, 1.165) is 28.8 Å². The Morgan fingerprint density at radius 3 is 2.55 bits per heavy atom. The van der Waals surface area contributed by atoms with Crippen LogP contribution in [0, 0.1) is 6.92 Å². The van der Waals surface area contributed by atoms with Crippen molar-refractivity contribution >= 4 is 29.3 Å². The maximum absolute atomic E-state index is 13.2. The molecule has 0 N–H and O–H groups in total. The van der Waals surface area contributed by atoms with E-state index in [1.54, 1.807) is 23.1 Å². The highest BCUT2D eigenvalue weighted by Crippen LogP contribution is 2.38. The van der Waals surface area contributed by atoms with Crippen molar-refractivity contribution in [1.29, 1.82) is 0 Å². The SMILES string of the molecule is Cc1ccc(N(Cc2ccccc2)C(=O)/C=C/c2cc(Cl)c3c(c2)OCCCO3)cc1. The standard InChI is InChI=1S/C26H24ClNO3/c1-19-8-11-22(12-9-19)28(18-20-6-3-2-4-7-20)25(29)13-10-21-16-23(27)26-24(17-21)30-14-5-15-31-26/h2-4,6-13,16-17H,5,14-15,18H2,1H3/b13-10+. The normalized spacial score (nSPS) is 13.1. The van der Waals surface area contributed by atoms with Crippen molar-refractivity contribution in [3.63, 3.8) is 0 Å². The van der Waals surface area contributed by atoms with Gasteiger partial charge in [-0.1, -0.05) is 59.6 Å². The van der Waals surface area contributed by atoms with E-state index in [1.165, 1.54) is 0 Å². The molecule has 1 aliphatic heterocycles. The van der Waals surface area contributed by atoms with Crippen molar-refractivity contribution in [1.82, 2.24) is 0 Å². The molecule has 158 valence electrons. The van der Waals surface area contributed by atoms with Gasteiger partial charge in [-0.3, -0.25) is 4.79 Å². The molecular formula is C26H24ClNO3. The van der Waals surface area contributed by atoms with E-state index in [4.69, 9.17) is 21.1 Å². The summed E-state index contributed by atoms with van der Waals surface area (Å²) in [6.07, 6.45) is 4.13. The van der Waals surface area contributed by atoms with E-state index in [0.29, 0.717) is 36.3 Å². The highest BCUT2D eigenvalue weighted by Gasteiger charge is 2.16. The monoisotopic (exact) mass is 433 g/mol. The summed E-state index contributed by atoms with van der Waals surface area (Å²) >= 11 is 6.38. The van der Waals surface area contributed by atoms with Crippen molar-refractivity contribution in [3.05, 3.63) is 94.5 Å². The van der Waals surface area contributed by atoms with Gasteiger partial charge in [0.1, 0.15) is 0 Å². The van der Waals surface area contributed by atoms with E-state index in [-0.39, 0.29) is 5.91 Å². The van der Waals surface area contributed by atoms with E-state index in [1.807, 2.05) is 67.6 Å². The third-order valence-electron chi connectivity index (χ3n) is 5.04. The fourth-order valence-electron chi connectivity index (χ4n) is 3.39. The molecule has 0 saturated carbocycles. The molecule has 1 heterocycles. The molecule has 0 spiro atoms. The second-order valence-corrected chi connectivity index (χ2v) is 7.87. The maximum Gasteiger partial charge on any atom is 0.251 e. The molecule has 3 aromatic rings. The summed E-state index contributed by atoms with van der Waals surface area (Å²) in [4.78, 5) is 14.9. The van der Waals surface area contributed by atoms with Gasteiger partial charge in [-0.15, -0.1) is 0 Å². The Balaban J connectivity index is 1.59. The summed E-state index contributed by atoms with van der Waals surface area (Å²) in [7, 11) is 0. The van der Waals surface area contributed by atoms with Crippen LogP contribution in [0.25, 0.3) is 6.08 Å². The molecule has 0 aromatic heterocycles. The van der Waals surface area contributed by atoms with E-state index in [2.05, 4.69) is 0 Å². The molecule has 1 amide bonds. The number of anilines is 1. The lowest BCUT2D eigenvalue weighted by atomic mass is 10.1. The van der Waals surface area contributed by atoms with Gasteiger partial charge in [0.15, 0.2) is 11.5 Å². The maximum atomic E-state index is 13.2. The third kappa shape index (κ3) is 5.28. The van der Waals surface area contributed by atoms with Gasteiger partial charge in [-0.25, -0.2) is 0 Å². The molecule has 0 aliphatic carbocycles. The summed E-state index contributed by atoms with van der Waals surface area (Å²) in [5, 5.41) is 0.478. The zero-order valence-electron chi connectivity index (χ0n) is 17.4. The largest absolute Gasteiger partial charge is 0.489 e. The van der Waals surface area contributed by atoms with Crippen molar-refractivity contribution in [2.24, 2.45) is 0 Å². The first-order valence-electron chi connectivity index (χ1n) is 10.3. The summed E-state index contributed by atoms with van der Waals surface area (Å²) in [5.41, 5.74) is 3.84. The molecule has 5 heteroatoms. The average Bonchev–Trinajstić information content (AvgIpc) is 3.03. The van der Waals surface area contributed by atoms with Crippen molar-refractivity contribution in [3.8, 4) is 11.5 Å². The van der Waals surface area contributed by atoms with Crippen LogP contribution in [0.15, 0.2) is 72.8 Å². The van der Waals surface area contributed by atoms with E-state index < -0.39 is 0 Å². The van der Waals surface area contributed by atoms with Crippen LogP contribution >= 0.6 is 11.6 Å². The molecule has 0 atom stereocenters. The molecule has 1 aliphatic rings. The number of ether oxygens (including phenoxy) is 2. The number of fused-ring (bicyclic) bond motifs is 1. The molecule has 31 heavy (non-hydrogen) atoms. The van der Waals surface area contributed by atoms with E-state index >= 15 is 0 Å². The first-order valence-corrected chi connectivity index (χ1v) is 10.7. The highest BCUT2D eigenvalue weighted by molar-refractivity contribution is 6.32. The third-order valence-corrected chi connectivity index (χ3v) is 5.32. The van der Waals surface area contributed by atoms with Crippen LogP contribution in [-0.4, -0.2) is 19.1 Å². The Morgan fingerprint density at radius 2 is 1.77 bits per heavy atom. The van der Waals surface area contributed by atoms with Crippen LogP contribution in [0.5, 0.6) is 11.5 Å². The fourth-order valence-corrected chi connectivity index (χ4v) is 3.67. The lowest BCUT2D eigenvalue weighted by Crippen LogP contribution is -2.28. The van der Waals surface area contributed by atoms with Crippen molar-refractivity contribution < 1.29 is 14.3 Å². The van der Waals surface area contributed by atoms with E-state index in [9.17, 15) is 4.79 Å². The van der Waals surface area contributed by atoms with Gasteiger partial charge in [0.25, 0.3) is 5.91 Å². The Kier molecular flexibility index (Phi) is 6.58. The lowest BCUT2D eigenvalue weighted by Gasteiger charge is -2.22. The summed E-state index contributed by atoms with van der Waals surface area (Å²) < 4.78 is 11.4. The predicted octanol–water partition coefficient (Wildman–Crippen LogP) is 6.06. The highest BCUT2D eigenvalue weighted by atomic mass is 35.5. The van der Waals surface area contributed by atoms with Gasteiger partial charge in [-0.2, -0.15) is 0 Å². The first-order chi connectivity index (χ1) is 15.1. The fraction of sp³-hybridized carbons (Fsp3) is 0.192. The summed E-state index contributed by atoms with van der Waals surface area (Å²) in [5.74, 6) is 1.06. The Bertz CT molecular complexity index is 1080.